The summed E-state index contributed by atoms with van der Waals surface area (Å²) in [6.45, 7) is 0. The fourth-order valence-corrected chi connectivity index (χ4v) is 1.65. The molecule has 0 N–H and O–H groups in total. The van der Waals surface area contributed by atoms with E-state index in [2.05, 4.69) is 29.3 Å². The number of hydrogen-bond donors (Lipinski definition) is 0. The highest BCUT2D eigenvalue weighted by molar-refractivity contribution is 5.08. The minimum atomic E-state index is 0.736. The fraction of sp³-hybridized carbons (Fsp3) is 0.364. The van der Waals surface area contributed by atoms with Gasteiger partial charge in [-0.1, -0.05) is 18.2 Å². The van der Waals surface area contributed by atoms with Gasteiger partial charge < -0.3 is 0 Å². The lowest BCUT2D eigenvalue weighted by molar-refractivity contribution is 0.620. The molecule has 0 fully saturated rings. The predicted octanol–water partition coefficient (Wildman–Crippen LogP) is 2.59. The zero-order valence-electron chi connectivity index (χ0n) is 7.11. The van der Waals surface area contributed by atoms with Crippen molar-refractivity contribution in [3.63, 3.8) is 0 Å². The number of nitrogens with zero attached hydrogens (tertiary/aromatic N) is 1. The van der Waals surface area contributed by atoms with Crippen LogP contribution in [-0.4, -0.2) is 4.98 Å². The number of pyridine rings is 1. The van der Waals surface area contributed by atoms with Crippen molar-refractivity contribution in [3.05, 3.63) is 42.2 Å². The molecular weight excluding hydrogens is 146 g/mol. The van der Waals surface area contributed by atoms with Crippen molar-refractivity contribution in [2.45, 2.75) is 19.3 Å². The molecule has 0 radical (unpaired) electrons. The summed E-state index contributed by atoms with van der Waals surface area (Å²) in [5.74, 6) is 0.736. The average molecular weight is 159 g/mol. The Hall–Kier alpha value is -1.11. The van der Waals surface area contributed by atoms with Crippen LogP contribution in [0.2, 0.25) is 0 Å². The van der Waals surface area contributed by atoms with Crippen LogP contribution in [0, 0.1) is 5.92 Å². The monoisotopic (exact) mass is 159 g/mol. The quantitative estimate of drug-likeness (QED) is 0.604. The Labute approximate surface area is 73.1 Å². The fourth-order valence-electron chi connectivity index (χ4n) is 1.65. The molecule has 1 aliphatic carbocycles. The topological polar surface area (TPSA) is 12.9 Å². The highest BCUT2D eigenvalue weighted by Crippen LogP contribution is 2.20. The van der Waals surface area contributed by atoms with Gasteiger partial charge in [-0.3, -0.25) is 4.98 Å². The summed E-state index contributed by atoms with van der Waals surface area (Å²) in [5.41, 5.74) is 1.22. The molecule has 62 valence electrons. The summed E-state index contributed by atoms with van der Waals surface area (Å²) in [4.78, 5) is 4.31. The molecule has 12 heavy (non-hydrogen) atoms. The second-order valence-electron chi connectivity index (χ2n) is 3.29. The maximum absolute atomic E-state index is 4.31. The summed E-state index contributed by atoms with van der Waals surface area (Å²) in [6, 6.07) is 6.13. The van der Waals surface area contributed by atoms with Crippen LogP contribution < -0.4 is 0 Å². The van der Waals surface area contributed by atoms with Gasteiger partial charge in [0, 0.05) is 11.9 Å². The average Bonchev–Trinajstić information content (AvgIpc) is 2.59. The molecule has 1 nitrogen and oxygen atoms in total. The smallest absolute Gasteiger partial charge is 0.0409 e. The summed E-state index contributed by atoms with van der Waals surface area (Å²) >= 11 is 0. The van der Waals surface area contributed by atoms with Gasteiger partial charge in [0.25, 0.3) is 0 Å². The SMILES string of the molecule is C1=C[C@H](Cc2ccccn2)CC1. The molecule has 0 spiro atoms. The molecule has 0 aliphatic heterocycles. The lowest BCUT2D eigenvalue weighted by Gasteiger charge is -2.05. The Kier molecular flexibility index (Phi) is 2.21. The minimum absolute atomic E-state index is 0.736. The predicted molar refractivity (Wildman–Crippen MR) is 49.8 cm³/mol. The van der Waals surface area contributed by atoms with Gasteiger partial charge in [-0.15, -0.1) is 0 Å². The standard InChI is InChI=1S/C11H13N/c1-2-6-10(5-1)9-11-7-3-4-8-12-11/h1,3-5,7-8,10H,2,6,9H2/t10-/m0/s1. The summed E-state index contributed by atoms with van der Waals surface area (Å²) < 4.78 is 0. The molecule has 1 aliphatic rings. The van der Waals surface area contributed by atoms with E-state index in [-0.39, 0.29) is 0 Å². The van der Waals surface area contributed by atoms with Crippen LogP contribution >= 0.6 is 0 Å². The van der Waals surface area contributed by atoms with E-state index in [1.165, 1.54) is 18.5 Å². The van der Waals surface area contributed by atoms with Crippen LogP contribution in [0.1, 0.15) is 18.5 Å². The number of rotatable bonds is 2. The first-order chi connectivity index (χ1) is 5.95. The lowest BCUT2D eigenvalue weighted by Crippen LogP contribution is -1.98. The van der Waals surface area contributed by atoms with E-state index in [0.717, 1.165) is 12.3 Å². The Morgan fingerprint density at radius 3 is 3.08 bits per heavy atom. The molecule has 0 saturated heterocycles. The zero-order chi connectivity index (χ0) is 8.23. The van der Waals surface area contributed by atoms with Crippen LogP contribution in [0.15, 0.2) is 36.5 Å². The van der Waals surface area contributed by atoms with Crippen molar-refractivity contribution >= 4 is 0 Å². The van der Waals surface area contributed by atoms with Crippen molar-refractivity contribution in [3.8, 4) is 0 Å². The Morgan fingerprint density at radius 1 is 1.42 bits per heavy atom. The third-order valence-corrected chi connectivity index (χ3v) is 2.31. The Balaban J connectivity index is 1.99. The van der Waals surface area contributed by atoms with E-state index in [9.17, 15) is 0 Å². The van der Waals surface area contributed by atoms with Gasteiger partial charge in [0.15, 0.2) is 0 Å². The van der Waals surface area contributed by atoms with Gasteiger partial charge in [-0.05, 0) is 37.3 Å². The third-order valence-electron chi connectivity index (χ3n) is 2.31. The maximum atomic E-state index is 4.31. The van der Waals surface area contributed by atoms with E-state index in [1.807, 2.05) is 12.3 Å². The van der Waals surface area contributed by atoms with Gasteiger partial charge >= 0.3 is 0 Å². The molecular formula is C11H13N. The minimum Gasteiger partial charge on any atom is -0.261 e. The highest BCUT2D eigenvalue weighted by Gasteiger charge is 2.09. The first kappa shape index (κ1) is 7.53. The van der Waals surface area contributed by atoms with Crippen molar-refractivity contribution < 1.29 is 0 Å². The maximum Gasteiger partial charge on any atom is 0.0409 e. The molecule has 0 bridgehead atoms. The van der Waals surface area contributed by atoms with Gasteiger partial charge in [0.2, 0.25) is 0 Å². The van der Waals surface area contributed by atoms with Gasteiger partial charge in [0.1, 0.15) is 0 Å². The van der Waals surface area contributed by atoms with Gasteiger partial charge in [0.05, 0.1) is 0 Å². The lowest BCUT2D eigenvalue weighted by atomic mass is 10.0. The van der Waals surface area contributed by atoms with Crippen LogP contribution in [0.4, 0.5) is 0 Å². The van der Waals surface area contributed by atoms with Crippen molar-refractivity contribution in [2.75, 3.05) is 0 Å². The molecule has 1 aromatic heterocycles. The van der Waals surface area contributed by atoms with Crippen molar-refractivity contribution in [1.29, 1.82) is 0 Å². The summed E-state index contributed by atoms with van der Waals surface area (Å²) in [6.07, 6.45) is 10.1. The second-order valence-corrected chi connectivity index (χ2v) is 3.29. The normalized spacial score (nSPS) is 21.5. The number of hydrogen-bond acceptors (Lipinski definition) is 1. The number of aromatic nitrogens is 1. The number of allylic oxidation sites excluding steroid dienone is 2. The summed E-state index contributed by atoms with van der Waals surface area (Å²) in [5, 5.41) is 0. The Bertz CT molecular complexity index is 264. The molecule has 0 amide bonds. The van der Waals surface area contributed by atoms with E-state index < -0.39 is 0 Å². The molecule has 1 aromatic rings. The largest absolute Gasteiger partial charge is 0.261 e. The first-order valence-electron chi connectivity index (χ1n) is 4.52. The molecule has 1 heterocycles. The van der Waals surface area contributed by atoms with Crippen LogP contribution in [0.25, 0.3) is 0 Å². The molecule has 2 rings (SSSR count). The van der Waals surface area contributed by atoms with E-state index in [4.69, 9.17) is 0 Å². The third kappa shape index (κ3) is 1.73. The molecule has 1 atom stereocenters. The van der Waals surface area contributed by atoms with Gasteiger partial charge in [-0.2, -0.15) is 0 Å². The molecule has 0 unspecified atom stereocenters. The van der Waals surface area contributed by atoms with Crippen LogP contribution in [0.5, 0.6) is 0 Å². The van der Waals surface area contributed by atoms with Crippen LogP contribution in [0.3, 0.4) is 0 Å². The first-order valence-corrected chi connectivity index (χ1v) is 4.52. The van der Waals surface area contributed by atoms with Crippen molar-refractivity contribution in [2.24, 2.45) is 5.92 Å². The van der Waals surface area contributed by atoms with Gasteiger partial charge in [-0.25, -0.2) is 0 Å². The zero-order valence-corrected chi connectivity index (χ0v) is 7.11. The van der Waals surface area contributed by atoms with E-state index in [1.54, 1.807) is 0 Å². The van der Waals surface area contributed by atoms with Crippen molar-refractivity contribution in [1.82, 2.24) is 4.98 Å². The summed E-state index contributed by atoms with van der Waals surface area (Å²) in [7, 11) is 0. The highest BCUT2D eigenvalue weighted by atomic mass is 14.7. The van der Waals surface area contributed by atoms with Crippen LogP contribution in [-0.2, 0) is 6.42 Å². The Morgan fingerprint density at radius 2 is 2.42 bits per heavy atom. The molecule has 0 aromatic carbocycles. The second kappa shape index (κ2) is 3.53. The van der Waals surface area contributed by atoms with E-state index in [0.29, 0.717) is 0 Å². The molecule has 1 heteroatoms. The molecule has 0 saturated carbocycles. The van der Waals surface area contributed by atoms with E-state index >= 15 is 0 Å².